The second kappa shape index (κ2) is 5.18. The van der Waals surface area contributed by atoms with Crippen molar-refractivity contribution >= 4 is 36.3 Å². The molecule has 0 radical (unpaired) electrons. The zero-order valence-electron chi connectivity index (χ0n) is 6.69. The number of carbonyl (C=O) groups excluding carboxylic acids is 1. The molecular weight excluding hydrogens is 271 g/mol. The first-order valence-corrected chi connectivity index (χ1v) is 3.52. The molecule has 1 rings (SSSR count). The zero-order chi connectivity index (χ0) is 8.27. The number of amides is 1. The molecule has 70 valence electrons. The fourth-order valence-corrected chi connectivity index (χ4v) is 1.07. The summed E-state index contributed by atoms with van der Waals surface area (Å²) in [6, 6.07) is 0. The number of piperazine rings is 1. The molecule has 5 nitrogen and oxygen atoms in total. The van der Waals surface area contributed by atoms with Crippen LogP contribution in [-0.4, -0.2) is 48.3 Å². The Kier molecular flexibility index (Phi) is 4.95. The molecule has 0 aliphatic carbocycles. The van der Waals surface area contributed by atoms with Gasteiger partial charge in [-0.15, -0.1) is 24.0 Å². The molecule has 1 saturated heterocycles. The SMILES string of the molecule is I.N=C(N)N1CCN(C=O)CC1. The van der Waals surface area contributed by atoms with Crippen LogP contribution in [0, 0.1) is 5.41 Å². The van der Waals surface area contributed by atoms with E-state index in [0.29, 0.717) is 26.2 Å². The largest absolute Gasteiger partial charge is 0.370 e. The van der Waals surface area contributed by atoms with Gasteiger partial charge in [0, 0.05) is 26.2 Å². The van der Waals surface area contributed by atoms with E-state index in [0.717, 1.165) is 6.41 Å². The van der Waals surface area contributed by atoms with Crippen molar-refractivity contribution in [2.24, 2.45) is 5.73 Å². The van der Waals surface area contributed by atoms with Crippen LogP contribution in [0.25, 0.3) is 0 Å². The van der Waals surface area contributed by atoms with Crippen LogP contribution < -0.4 is 5.73 Å². The van der Waals surface area contributed by atoms with Crippen LogP contribution in [0.1, 0.15) is 0 Å². The number of nitrogens with zero attached hydrogens (tertiary/aromatic N) is 2. The lowest BCUT2D eigenvalue weighted by molar-refractivity contribution is -0.119. The third-order valence-corrected chi connectivity index (χ3v) is 1.80. The van der Waals surface area contributed by atoms with Crippen LogP contribution in [-0.2, 0) is 4.79 Å². The normalized spacial score (nSPS) is 16.7. The highest BCUT2D eigenvalue weighted by Gasteiger charge is 2.15. The van der Waals surface area contributed by atoms with Gasteiger partial charge in [0.25, 0.3) is 0 Å². The Bertz CT molecular complexity index is 167. The quantitative estimate of drug-likeness (QED) is 0.289. The summed E-state index contributed by atoms with van der Waals surface area (Å²) in [4.78, 5) is 13.7. The average molecular weight is 284 g/mol. The maximum atomic E-state index is 10.3. The van der Waals surface area contributed by atoms with Gasteiger partial charge in [-0.3, -0.25) is 10.2 Å². The number of hydrogen-bond acceptors (Lipinski definition) is 2. The standard InChI is InChI=1S/C6H12N4O.HI/c7-6(8)10-3-1-9(5-11)2-4-10;/h5H,1-4H2,(H3,7,8);1H. The Labute approximate surface area is 88.4 Å². The fraction of sp³-hybridized carbons (Fsp3) is 0.667. The molecule has 3 N–H and O–H groups in total. The molecule has 0 saturated carbocycles. The lowest BCUT2D eigenvalue weighted by atomic mass is 10.3. The molecule has 1 heterocycles. The molecule has 0 aromatic heterocycles. The minimum absolute atomic E-state index is 0. The van der Waals surface area contributed by atoms with E-state index in [4.69, 9.17) is 11.1 Å². The lowest BCUT2D eigenvalue weighted by Gasteiger charge is -2.32. The average Bonchev–Trinajstić information content (AvgIpc) is 2.05. The topological polar surface area (TPSA) is 73.4 Å². The summed E-state index contributed by atoms with van der Waals surface area (Å²) in [6.07, 6.45) is 0.831. The smallest absolute Gasteiger partial charge is 0.209 e. The van der Waals surface area contributed by atoms with Crippen LogP contribution in [0.2, 0.25) is 0 Å². The minimum Gasteiger partial charge on any atom is -0.370 e. The third-order valence-electron chi connectivity index (χ3n) is 1.80. The van der Waals surface area contributed by atoms with E-state index in [1.807, 2.05) is 0 Å². The molecule has 1 amide bonds. The van der Waals surface area contributed by atoms with Gasteiger partial charge in [-0.1, -0.05) is 0 Å². The van der Waals surface area contributed by atoms with Gasteiger partial charge in [0.05, 0.1) is 0 Å². The van der Waals surface area contributed by atoms with E-state index >= 15 is 0 Å². The van der Waals surface area contributed by atoms with Gasteiger partial charge in [0.2, 0.25) is 6.41 Å². The molecule has 1 aliphatic heterocycles. The minimum atomic E-state index is 0. The molecule has 0 aromatic carbocycles. The first-order valence-electron chi connectivity index (χ1n) is 3.52. The maximum Gasteiger partial charge on any atom is 0.209 e. The summed E-state index contributed by atoms with van der Waals surface area (Å²) in [5, 5.41) is 7.11. The fourth-order valence-electron chi connectivity index (χ4n) is 1.07. The lowest BCUT2D eigenvalue weighted by Crippen LogP contribution is -2.50. The molecule has 1 fully saturated rings. The Morgan fingerprint density at radius 2 is 1.83 bits per heavy atom. The van der Waals surface area contributed by atoms with Gasteiger partial charge in [-0.25, -0.2) is 0 Å². The molecular formula is C6H13IN4O. The molecule has 0 aromatic rings. The van der Waals surface area contributed by atoms with Gasteiger partial charge >= 0.3 is 0 Å². The van der Waals surface area contributed by atoms with E-state index < -0.39 is 0 Å². The van der Waals surface area contributed by atoms with E-state index in [9.17, 15) is 4.79 Å². The number of guanidine groups is 1. The van der Waals surface area contributed by atoms with Crippen molar-refractivity contribution in [2.75, 3.05) is 26.2 Å². The van der Waals surface area contributed by atoms with Crippen molar-refractivity contribution in [2.45, 2.75) is 0 Å². The number of nitrogens with one attached hydrogen (secondary N) is 1. The summed E-state index contributed by atoms with van der Waals surface area (Å²) in [7, 11) is 0. The van der Waals surface area contributed by atoms with Crippen molar-refractivity contribution in [3.05, 3.63) is 0 Å². The first kappa shape index (κ1) is 11.5. The number of hydrogen-bond donors (Lipinski definition) is 2. The molecule has 12 heavy (non-hydrogen) atoms. The second-order valence-electron chi connectivity index (χ2n) is 2.51. The zero-order valence-corrected chi connectivity index (χ0v) is 9.02. The van der Waals surface area contributed by atoms with Crippen molar-refractivity contribution in [1.82, 2.24) is 9.80 Å². The van der Waals surface area contributed by atoms with Crippen LogP contribution >= 0.6 is 24.0 Å². The molecule has 0 bridgehead atoms. The summed E-state index contributed by atoms with van der Waals surface area (Å²) >= 11 is 0. The van der Waals surface area contributed by atoms with Gasteiger partial charge in [-0.2, -0.15) is 0 Å². The van der Waals surface area contributed by atoms with Crippen LogP contribution in [0.15, 0.2) is 0 Å². The number of carbonyl (C=O) groups is 1. The number of halogens is 1. The summed E-state index contributed by atoms with van der Waals surface area (Å²) < 4.78 is 0. The van der Waals surface area contributed by atoms with Crippen molar-refractivity contribution in [3.63, 3.8) is 0 Å². The monoisotopic (exact) mass is 284 g/mol. The number of rotatable bonds is 1. The van der Waals surface area contributed by atoms with Crippen LogP contribution in [0.5, 0.6) is 0 Å². The van der Waals surface area contributed by atoms with Crippen molar-refractivity contribution in [3.8, 4) is 0 Å². The van der Waals surface area contributed by atoms with E-state index in [-0.39, 0.29) is 29.9 Å². The number of nitrogens with two attached hydrogens (primary N) is 1. The van der Waals surface area contributed by atoms with Gasteiger partial charge in [0.1, 0.15) is 0 Å². The highest BCUT2D eigenvalue weighted by Crippen LogP contribution is 1.97. The van der Waals surface area contributed by atoms with Crippen molar-refractivity contribution < 1.29 is 4.79 Å². The second-order valence-corrected chi connectivity index (χ2v) is 2.51. The summed E-state index contributed by atoms with van der Waals surface area (Å²) in [6.45, 7) is 2.69. The third kappa shape index (κ3) is 2.84. The highest BCUT2D eigenvalue weighted by molar-refractivity contribution is 14.0. The van der Waals surface area contributed by atoms with Gasteiger partial charge in [0.15, 0.2) is 5.96 Å². The predicted molar refractivity (Wildman–Crippen MR) is 56.5 cm³/mol. The first-order chi connectivity index (χ1) is 5.24. The van der Waals surface area contributed by atoms with Crippen LogP contribution in [0.3, 0.4) is 0 Å². The maximum absolute atomic E-state index is 10.3. The van der Waals surface area contributed by atoms with E-state index in [2.05, 4.69) is 0 Å². The Balaban J connectivity index is 0.00000121. The molecule has 0 unspecified atom stereocenters. The van der Waals surface area contributed by atoms with E-state index in [1.165, 1.54) is 0 Å². The highest BCUT2D eigenvalue weighted by atomic mass is 127. The van der Waals surface area contributed by atoms with E-state index in [1.54, 1.807) is 9.80 Å². The Hall–Kier alpha value is -0.530. The predicted octanol–water partition coefficient (Wildman–Crippen LogP) is -0.728. The Morgan fingerprint density at radius 3 is 2.17 bits per heavy atom. The van der Waals surface area contributed by atoms with Crippen LogP contribution in [0.4, 0.5) is 0 Å². The molecule has 1 aliphatic rings. The van der Waals surface area contributed by atoms with Crippen molar-refractivity contribution in [1.29, 1.82) is 5.41 Å². The Morgan fingerprint density at radius 1 is 1.33 bits per heavy atom. The molecule has 6 heteroatoms. The summed E-state index contributed by atoms with van der Waals surface area (Å²) in [5.41, 5.74) is 5.26. The molecule has 0 atom stereocenters. The molecule has 0 spiro atoms. The summed E-state index contributed by atoms with van der Waals surface area (Å²) in [5.74, 6) is 0.0931. The van der Waals surface area contributed by atoms with Gasteiger partial charge < -0.3 is 15.5 Å². The van der Waals surface area contributed by atoms with Gasteiger partial charge in [-0.05, 0) is 0 Å².